The van der Waals surface area contributed by atoms with Gasteiger partial charge in [-0.15, -0.1) is 0 Å². The first kappa shape index (κ1) is 18.8. The molecule has 0 saturated carbocycles. The first-order valence-corrected chi connectivity index (χ1v) is 8.47. The number of fused-ring (bicyclic) bond motifs is 1. The molecular weight excluding hydrogens is 358 g/mol. The number of nitrogens with one attached hydrogen (secondary N) is 1. The zero-order valence-electron chi connectivity index (χ0n) is 14.8. The van der Waals surface area contributed by atoms with Crippen LogP contribution in [0.25, 0.3) is 0 Å². The largest absolute Gasteiger partial charge is 0.460 e. The summed E-state index contributed by atoms with van der Waals surface area (Å²) in [6.45, 7) is 3.05. The molecule has 0 spiro atoms. The molecule has 0 saturated heterocycles. The van der Waals surface area contributed by atoms with Gasteiger partial charge in [0.2, 0.25) is 0 Å². The molecule has 1 aliphatic heterocycles. The summed E-state index contributed by atoms with van der Waals surface area (Å²) in [5.41, 5.74) is 1.06. The summed E-state index contributed by atoms with van der Waals surface area (Å²) in [7, 11) is 0. The van der Waals surface area contributed by atoms with E-state index in [1.807, 2.05) is 0 Å². The Hall–Kier alpha value is -3.03. The number of amides is 1. The number of benzene rings is 1. The monoisotopic (exact) mass is 376 g/mol. The van der Waals surface area contributed by atoms with Gasteiger partial charge in [0, 0.05) is 17.8 Å². The molecule has 6 nitrogen and oxygen atoms in total. The number of ether oxygens (including phenoxy) is 1. The maximum absolute atomic E-state index is 14.0. The summed E-state index contributed by atoms with van der Waals surface area (Å²) in [4.78, 5) is 37.1. The van der Waals surface area contributed by atoms with E-state index in [2.05, 4.69) is 5.32 Å². The molecule has 1 aliphatic rings. The Morgan fingerprint density at radius 1 is 1.26 bits per heavy atom. The normalized spacial score (nSPS) is 15.3. The van der Waals surface area contributed by atoms with Crippen LogP contribution in [0.2, 0.25) is 0 Å². The van der Waals surface area contributed by atoms with Crippen LogP contribution in [-0.4, -0.2) is 35.0 Å². The Bertz CT molecular complexity index is 919. The summed E-state index contributed by atoms with van der Waals surface area (Å²) in [5.74, 6) is -2.96. The number of nitrogens with zero attached hydrogens (tertiary/aromatic N) is 1. The van der Waals surface area contributed by atoms with Crippen molar-refractivity contribution in [1.29, 1.82) is 0 Å². The number of carbonyl (C=O) groups is 3. The fourth-order valence-corrected chi connectivity index (χ4v) is 3.31. The van der Waals surface area contributed by atoms with Crippen LogP contribution in [0.1, 0.15) is 39.0 Å². The number of anilines is 1. The number of hydrogen-bond donors (Lipinski definition) is 1. The Labute approximate surface area is 154 Å². The molecule has 142 valence electrons. The average Bonchev–Trinajstić information content (AvgIpc) is 3.09. The molecule has 2 heterocycles. The zero-order chi connectivity index (χ0) is 19.7. The Balaban J connectivity index is 1.99. The molecule has 0 bridgehead atoms. The molecule has 0 fully saturated rings. The number of rotatable bonds is 5. The first-order valence-electron chi connectivity index (χ1n) is 8.47. The Kier molecular flexibility index (Phi) is 5.07. The lowest BCUT2D eigenvalue weighted by Crippen LogP contribution is -2.20. The third kappa shape index (κ3) is 3.47. The number of ketones is 1. The van der Waals surface area contributed by atoms with E-state index in [4.69, 9.17) is 4.74 Å². The fraction of sp³-hybridized carbons (Fsp3) is 0.316. The molecule has 2 aromatic rings. The summed E-state index contributed by atoms with van der Waals surface area (Å²) >= 11 is 0. The van der Waals surface area contributed by atoms with Gasteiger partial charge in [0.05, 0.1) is 18.7 Å². The molecule has 0 unspecified atom stereocenters. The third-order valence-corrected chi connectivity index (χ3v) is 4.42. The minimum atomic E-state index is -1.26. The van der Waals surface area contributed by atoms with Gasteiger partial charge in [-0.25, -0.2) is 13.6 Å². The van der Waals surface area contributed by atoms with Crippen molar-refractivity contribution >= 4 is 23.3 Å². The second kappa shape index (κ2) is 7.30. The van der Waals surface area contributed by atoms with E-state index in [9.17, 15) is 23.2 Å². The second-order valence-electron chi connectivity index (χ2n) is 6.22. The molecule has 1 aromatic carbocycles. The lowest BCUT2D eigenvalue weighted by molar-refractivity contribution is -0.137. The van der Waals surface area contributed by atoms with E-state index in [0.29, 0.717) is 11.4 Å². The van der Waals surface area contributed by atoms with Crippen LogP contribution in [0, 0.1) is 12.7 Å². The van der Waals surface area contributed by atoms with Crippen LogP contribution < -0.4 is 5.32 Å². The van der Waals surface area contributed by atoms with Crippen LogP contribution >= 0.6 is 0 Å². The summed E-state index contributed by atoms with van der Waals surface area (Å²) in [5, 5.41) is 2.60. The van der Waals surface area contributed by atoms with Gasteiger partial charge in [-0.3, -0.25) is 9.59 Å². The molecule has 1 amide bonds. The van der Waals surface area contributed by atoms with Crippen molar-refractivity contribution in [2.75, 3.05) is 11.9 Å². The van der Waals surface area contributed by atoms with Crippen LogP contribution in [0.5, 0.6) is 0 Å². The summed E-state index contributed by atoms with van der Waals surface area (Å²) in [6.07, 6.45) is -1.32. The van der Waals surface area contributed by atoms with E-state index in [1.54, 1.807) is 6.92 Å². The molecule has 1 N–H and O–H groups in total. The number of aromatic nitrogens is 1. The minimum absolute atomic E-state index is 0.0119. The van der Waals surface area contributed by atoms with E-state index >= 15 is 0 Å². The van der Waals surface area contributed by atoms with Crippen molar-refractivity contribution in [2.24, 2.45) is 0 Å². The smallest absolute Gasteiger partial charge is 0.379 e. The predicted molar refractivity (Wildman–Crippen MR) is 93.1 cm³/mol. The van der Waals surface area contributed by atoms with Gasteiger partial charge in [-0.05, 0) is 43.7 Å². The number of esters is 1. The van der Waals surface area contributed by atoms with Crippen molar-refractivity contribution in [1.82, 2.24) is 4.57 Å². The fourth-order valence-electron chi connectivity index (χ4n) is 3.31. The Morgan fingerprint density at radius 3 is 2.56 bits per heavy atom. The van der Waals surface area contributed by atoms with Gasteiger partial charge >= 0.3 is 5.97 Å². The highest BCUT2D eigenvalue weighted by molar-refractivity contribution is 6.41. The van der Waals surface area contributed by atoms with Crippen molar-refractivity contribution < 1.29 is 27.9 Å². The predicted octanol–water partition coefficient (Wildman–Crippen LogP) is 2.83. The van der Waals surface area contributed by atoms with E-state index < -0.39 is 29.6 Å². The van der Waals surface area contributed by atoms with Crippen molar-refractivity contribution in [3.8, 4) is 0 Å². The molecule has 8 heteroatoms. The van der Waals surface area contributed by atoms with E-state index in [1.165, 1.54) is 35.8 Å². The highest BCUT2D eigenvalue weighted by Crippen LogP contribution is 2.31. The molecule has 0 radical (unpaired) electrons. The number of hydrogen-bond acceptors (Lipinski definition) is 4. The quantitative estimate of drug-likeness (QED) is 0.495. The molecule has 27 heavy (non-hydrogen) atoms. The maximum Gasteiger partial charge on any atom is 0.379 e. The average molecular weight is 376 g/mol. The van der Waals surface area contributed by atoms with Crippen LogP contribution in [0.15, 0.2) is 24.3 Å². The van der Waals surface area contributed by atoms with Gasteiger partial charge in [-0.2, -0.15) is 0 Å². The van der Waals surface area contributed by atoms with Gasteiger partial charge < -0.3 is 14.6 Å². The Morgan fingerprint density at radius 2 is 1.93 bits per heavy atom. The van der Waals surface area contributed by atoms with Crippen LogP contribution in [0.3, 0.4) is 0 Å². The lowest BCUT2D eigenvalue weighted by Gasteiger charge is -2.09. The second-order valence-corrected chi connectivity index (χ2v) is 6.22. The zero-order valence-corrected chi connectivity index (χ0v) is 14.8. The third-order valence-electron chi connectivity index (χ3n) is 4.42. The molecule has 1 atom stereocenters. The molecular formula is C19H18F2N2O4. The van der Waals surface area contributed by atoms with Gasteiger partial charge in [0.1, 0.15) is 17.7 Å². The number of halogens is 2. The number of Topliss-reactive ketones (excluding diaryl/α,β-unsaturated/α-hetero) is 1. The first-order chi connectivity index (χ1) is 12.8. The van der Waals surface area contributed by atoms with Gasteiger partial charge in [-0.1, -0.05) is 0 Å². The molecule has 0 aliphatic carbocycles. The summed E-state index contributed by atoms with van der Waals surface area (Å²) < 4.78 is 33.2. The molecule has 3 rings (SSSR count). The number of carbonyl (C=O) groups excluding carboxylic acids is 3. The lowest BCUT2D eigenvalue weighted by atomic mass is 10.0. The van der Waals surface area contributed by atoms with Crippen molar-refractivity contribution in [3.05, 3.63) is 52.6 Å². The molecule has 1 aromatic heterocycles. The van der Waals surface area contributed by atoms with E-state index in [-0.39, 0.29) is 36.4 Å². The minimum Gasteiger partial charge on any atom is -0.460 e. The standard InChI is InChI=1S/C19H18F2N2O4/c1-3-27-19(26)17(24)15-10(2)16(23-9-12(21)8-14(15)23)18(25)22-13-6-4-11(20)5-7-13/h4-7,12H,3,8-9H2,1-2H3,(H,22,25)/t12-/m1/s1. The van der Waals surface area contributed by atoms with Crippen molar-refractivity contribution in [2.45, 2.75) is 33.0 Å². The van der Waals surface area contributed by atoms with Crippen molar-refractivity contribution in [3.63, 3.8) is 0 Å². The highest BCUT2D eigenvalue weighted by Gasteiger charge is 2.36. The van der Waals surface area contributed by atoms with E-state index in [0.717, 1.165) is 0 Å². The topological polar surface area (TPSA) is 77.4 Å². The maximum atomic E-state index is 14.0. The number of alkyl halides is 1. The van der Waals surface area contributed by atoms with Gasteiger partial charge in [0.25, 0.3) is 11.7 Å². The van der Waals surface area contributed by atoms with Gasteiger partial charge in [0.15, 0.2) is 0 Å². The summed E-state index contributed by atoms with van der Waals surface area (Å²) in [6, 6.07) is 5.16. The highest BCUT2D eigenvalue weighted by atomic mass is 19.1. The SMILES string of the molecule is CCOC(=O)C(=O)c1c(C)c(C(=O)Nc2ccc(F)cc2)n2c1C[C@@H](F)C2. The van der Waals surface area contributed by atoms with Crippen LogP contribution in [0.4, 0.5) is 14.5 Å². The van der Waals surface area contributed by atoms with Crippen LogP contribution in [-0.2, 0) is 22.5 Å².